The van der Waals surface area contributed by atoms with Crippen molar-refractivity contribution in [1.29, 1.82) is 0 Å². The maximum atomic E-state index is 13.4. The molecule has 1 aromatic carbocycles. The van der Waals surface area contributed by atoms with Crippen LogP contribution in [-0.4, -0.2) is 25.9 Å². The van der Waals surface area contributed by atoms with Gasteiger partial charge in [0.05, 0.1) is 13.2 Å². The summed E-state index contributed by atoms with van der Waals surface area (Å²) >= 11 is 0. The first-order valence-corrected chi connectivity index (χ1v) is 6.48. The lowest BCUT2D eigenvalue weighted by molar-refractivity contribution is -0.0801. The van der Waals surface area contributed by atoms with Gasteiger partial charge in [-0.1, -0.05) is 6.92 Å². The number of benzene rings is 1. The lowest BCUT2D eigenvalue weighted by Gasteiger charge is -2.28. The van der Waals surface area contributed by atoms with Crippen LogP contribution in [0.5, 0.6) is 5.75 Å². The molecule has 3 nitrogen and oxygen atoms in total. The minimum Gasteiger partial charge on any atom is -0.485 e. The van der Waals surface area contributed by atoms with E-state index in [-0.39, 0.29) is 18.0 Å². The average Bonchev–Trinajstić information content (AvgIpc) is 2.32. The molecule has 1 aromatic rings. The standard InChI is InChI=1S/C14H20FNO2/c1-3-6-16-10(2)13-7-11(15)4-5-14(13)18-12-8-17-9-12/h4-5,7,10,12,16H,3,6,8-9H2,1-2H3. The molecule has 0 aliphatic carbocycles. The van der Waals surface area contributed by atoms with Gasteiger partial charge >= 0.3 is 0 Å². The average molecular weight is 253 g/mol. The Hall–Kier alpha value is -1.13. The summed E-state index contributed by atoms with van der Waals surface area (Å²) in [6.45, 7) is 6.27. The fourth-order valence-electron chi connectivity index (χ4n) is 1.90. The van der Waals surface area contributed by atoms with Gasteiger partial charge in [0.2, 0.25) is 0 Å². The zero-order valence-electron chi connectivity index (χ0n) is 10.9. The third-order valence-corrected chi connectivity index (χ3v) is 3.04. The van der Waals surface area contributed by atoms with Gasteiger partial charge in [-0.3, -0.25) is 0 Å². The maximum Gasteiger partial charge on any atom is 0.145 e. The highest BCUT2D eigenvalue weighted by molar-refractivity contribution is 5.36. The summed E-state index contributed by atoms with van der Waals surface area (Å²) in [5, 5.41) is 3.35. The Labute approximate surface area is 107 Å². The molecular weight excluding hydrogens is 233 g/mol. The largest absolute Gasteiger partial charge is 0.485 e. The Kier molecular flexibility index (Phi) is 4.55. The van der Waals surface area contributed by atoms with Gasteiger partial charge in [0.15, 0.2) is 0 Å². The SMILES string of the molecule is CCCNC(C)c1cc(F)ccc1OC1COC1. The molecule has 1 heterocycles. The van der Waals surface area contributed by atoms with Gasteiger partial charge in [-0.05, 0) is 38.1 Å². The van der Waals surface area contributed by atoms with Crippen molar-refractivity contribution in [3.8, 4) is 5.75 Å². The molecule has 0 spiro atoms. The lowest BCUT2D eigenvalue weighted by atomic mass is 10.1. The first kappa shape index (κ1) is 13.3. The Morgan fingerprint density at radius 3 is 2.89 bits per heavy atom. The first-order chi connectivity index (χ1) is 8.70. The number of rotatable bonds is 6. The van der Waals surface area contributed by atoms with Crippen LogP contribution in [0.4, 0.5) is 4.39 Å². The second-order valence-electron chi connectivity index (χ2n) is 4.64. The van der Waals surface area contributed by atoms with Crippen molar-refractivity contribution >= 4 is 0 Å². The molecule has 18 heavy (non-hydrogen) atoms. The highest BCUT2D eigenvalue weighted by Gasteiger charge is 2.22. The van der Waals surface area contributed by atoms with Crippen molar-refractivity contribution in [2.45, 2.75) is 32.4 Å². The highest BCUT2D eigenvalue weighted by atomic mass is 19.1. The lowest BCUT2D eigenvalue weighted by Crippen LogP contribution is -2.39. The zero-order chi connectivity index (χ0) is 13.0. The zero-order valence-corrected chi connectivity index (χ0v) is 10.9. The predicted molar refractivity (Wildman–Crippen MR) is 68.3 cm³/mol. The second kappa shape index (κ2) is 6.16. The van der Waals surface area contributed by atoms with Crippen molar-refractivity contribution in [1.82, 2.24) is 5.32 Å². The van der Waals surface area contributed by atoms with Crippen LogP contribution in [0.2, 0.25) is 0 Å². The van der Waals surface area contributed by atoms with E-state index >= 15 is 0 Å². The predicted octanol–water partition coefficient (Wildman–Crippen LogP) is 2.66. The molecule has 0 aromatic heterocycles. The summed E-state index contributed by atoms with van der Waals surface area (Å²) in [5.74, 6) is 0.521. The molecule has 1 aliphatic rings. The third kappa shape index (κ3) is 3.21. The molecule has 0 saturated carbocycles. The second-order valence-corrected chi connectivity index (χ2v) is 4.64. The summed E-state index contributed by atoms with van der Waals surface area (Å²) in [6, 6.07) is 4.76. The van der Waals surface area contributed by atoms with Gasteiger partial charge in [-0.15, -0.1) is 0 Å². The van der Waals surface area contributed by atoms with E-state index < -0.39 is 0 Å². The minimum atomic E-state index is -0.229. The Morgan fingerprint density at radius 2 is 2.28 bits per heavy atom. The summed E-state index contributed by atoms with van der Waals surface area (Å²) in [5.41, 5.74) is 0.871. The van der Waals surface area contributed by atoms with Gasteiger partial charge < -0.3 is 14.8 Å². The Morgan fingerprint density at radius 1 is 1.50 bits per heavy atom. The van der Waals surface area contributed by atoms with E-state index in [4.69, 9.17) is 9.47 Å². The van der Waals surface area contributed by atoms with Gasteiger partial charge in [-0.25, -0.2) is 4.39 Å². The number of hydrogen-bond acceptors (Lipinski definition) is 3. The van der Waals surface area contributed by atoms with Gasteiger partial charge in [0.1, 0.15) is 17.7 Å². The van der Waals surface area contributed by atoms with E-state index in [1.165, 1.54) is 6.07 Å². The molecule has 1 fully saturated rings. The monoisotopic (exact) mass is 253 g/mol. The molecule has 0 radical (unpaired) electrons. The summed E-state index contributed by atoms with van der Waals surface area (Å²) in [7, 11) is 0. The molecule has 1 unspecified atom stereocenters. The van der Waals surface area contributed by atoms with Crippen molar-refractivity contribution < 1.29 is 13.9 Å². The summed E-state index contributed by atoms with van der Waals surface area (Å²) < 4.78 is 24.2. The normalized spacial score (nSPS) is 17.3. The highest BCUT2D eigenvalue weighted by Crippen LogP contribution is 2.28. The molecule has 1 atom stereocenters. The molecular formula is C14H20FNO2. The Balaban J connectivity index is 2.11. The molecule has 4 heteroatoms. The summed E-state index contributed by atoms with van der Waals surface area (Å²) in [4.78, 5) is 0. The molecule has 0 amide bonds. The van der Waals surface area contributed by atoms with E-state index in [0.29, 0.717) is 13.2 Å². The van der Waals surface area contributed by atoms with E-state index in [0.717, 1.165) is 24.3 Å². The summed E-state index contributed by atoms with van der Waals surface area (Å²) in [6.07, 6.45) is 1.15. The smallest absolute Gasteiger partial charge is 0.145 e. The molecule has 100 valence electrons. The minimum absolute atomic E-state index is 0.0802. The number of ether oxygens (including phenoxy) is 2. The van der Waals surface area contributed by atoms with Crippen LogP contribution in [0.15, 0.2) is 18.2 Å². The van der Waals surface area contributed by atoms with Crippen LogP contribution < -0.4 is 10.1 Å². The fraction of sp³-hybridized carbons (Fsp3) is 0.571. The van der Waals surface area contributed by atoms with E-state index in [1.807, 2.05) is 6.92 Å². The van der Waals surface area contributed by atoms with E-state index in [1.54, 1.807) is 12.1 Å². The topological polar surface area (TPSA) is 30.5 Å². The van der Waals surface area contributed by atoms with Crippen LogP contribution in [-0.2, 0) is 4.74 Å². The van der Waals surface area contributed by atoms with E-state index in [9.17, 15) is 4.39 Å². The fourth-order valence-corrected chi connectivity index (χ4v) is 1.90. The van der Waals surface area contributed by atoms with Crippen molar-refractivity contribution in [2.75, 3.05) is 19.8 Å². The number of hydrogen-bond donors (Lipinski definition) is 1. The maximum absolute atomic E-state index is 13.4. The van der Waals surface area contributed by atoms with Crippen molar-refractivity contribution in [2.24, 2.45) is 0 Å². The molecule has 1 saturated heterocycles. The number of halogens is 1. The third-order valence-electron chi connectivity index (χ3n) is 3.04. The molecule has 1 aliphatic heterocycles. The van der Waals surface area contributed by atoms with E-state index in [2.05, 4.69) is 12.2 Å². The van der Waals surface area contributed by atoms with Crippen LogP contribution in [0.3, 0.4) is 0 Å². The van der Waals surface area contributed by atoms with Crippen LogP contribution in [0.25, 0.3) is 0 Å². The number of nitrogens with one attached hydrogen (secondary N) is 1. The van der Waals surface area contributed by atoms with Crippen molar-refractivity contribution in [3.05, 3.63) is 29.6 Å². The molecule has 1 N–H and O–H groups in total. The van der Waals surface area contributed by atoms with Gasteiger partial charge in [0.25, 0.3) is 0 Å². The van der Waals surface area contributed by atoms with Crippen LogP contribution in [0, 0.1) is 5.82 Å². The van der Waals surface area contributed by atoms with Gasteiger partial charge in [-0.2, -0.15) is 0 Å². The quantitative estimate of drug-likeness (QED) is 0.845. The van der Waals surface area contributed by atoms with Gasteiger partial charge in [0, 0.05) is 11.6 Å². The first-order valence-electron chi connectivity index (χ1n) is 6.48. The van der Waals surface area contributed by atoms with Crippen LogP contribution >= 0.6 is 0 Å². The van der Waals surface area contributed by atoms with Crippen LogP contribution in [0.1, 0.15) is 31.9 Å². The Bertz CT molecular complexity index is 393. The van der Waals surface area contributed by atoms with Crippen molar-refractivity contribution in [3.63, 3.8) is 0 Å². The molecule has 2 rings (SSSR count). The molecule has 0 bridgehead atoms.